The minimum Gasteiger partial charge on any atom is -0.340 e. The van der Waals surface area contributed by atoms with Gasteiger partial charge in [0.05, 0.1) is 17.1 Å². The largest absolute Gasteiger partial charge is 0.340 e. The maximum atomic E-state index is 12.1. The molecule has 1 aromatic carbocycles. The third-order valence-electron chi connectivity index (χ3n) is 2.92. The topological polar surface area (TPSA) is 100 Å². The third-order valence-corrected chi connectivity index (χ3v) is 2.92. The molecule has 7 nitrogen and oxygen atoms in total. The van der Waals surface area contributed by atoms with Gasteiger partial charge in [-0.2, -0.15) is 10.4 Å². The number of aromatic amines is 1. The molecule has 0 radical (unpaired) electrons. The first-order valence-electron chi connectivity index (χ1n) is 5.97. The molecule has 2 aromatic heterocycles. The average Bonchev–Trinajstić information content (AvgIpc) is 3.08. The molecule has 0 aliphatic carbocycles. The van der Waals surface area contributed by atoms with Crippen LogP contribution in [0, 0.1) is 11.3 Å². The number of nitrogens with one attached hydrogen (secondary N) is 1. The molecule has 0 fully saturated rings. The van der Waals surface area contributed by atoms with Crippen molar-refractivity contribution >= 4 is 16.8 Å². The Morgan fingerprint density at radius 1 is 1.45 bits per heavy atom. The van der Waals surface area contributed by atoms with E-state index in [2.05, 4.69) is 20.1 Å². The summed E-state index contributed by atoms with van der Waals surface area (Å²) in [6.45, 7) is -0.00469. The number of para-hydroxylation sites is 2. The van der Waals surface area contributed by atoms with Gasteiger partial charge in [0.1, 0.15) is 25.0 Å². The molecule has 3 rings (SSSR count). The smallest absolute Gasteiger partial charge is 0.179 e. The van der Waals surface area contributed by atoms with Crippen molar-refractivity contribution in [1.82, 2.24) is 24.7 Å². The number of nitrogens with zero attached hydrogens (tertiary/aromatic N) is 5. The highest BCUT2D eigenvalue weighted by Gasteiger charge is 2.24. The molecule has 0 aliphatic heterocycles. The number of fused-ring (bicyclic) bond motifs is 1. The fourth-order valence-electron chi connectivity index (χ4n) is 1.96. The van der Waals surface area contributed by atoms with E-state index >= 15 is 0 Å². The normalized spacial score (nSPS) is 12.2. The fraction of sp³-hybridized carbons (Fsp3) is 0.154. The lowest BCUT2D eigenvalue weighted by atomic mass is 10.1. The van der Waals surface area contributed by atoms with E-state index in [-0.39, 0.29) is 12.3 Å². The fourth-order valence-corrected chi connectivity index (χ4v) is 1.96. The Morgan fingerprint density at radius 3 is 3.00 bits per heavy atom. The molecule has 0 amide bonds. The molecule has 0 saturated carbocycles. The highest BCUT2D eigenvalue weighted by molar-refractivity contribution is 5.88. The van der Waals surface area contributed by atoms with Crippen LogP contribution >= 0.6 is 0 Å². The molecule has 98 valence electrons. The van der Waals surface area contributed by atoms with Gasteiger partial charge in [-0.25, -0.2) is 14.6 Å². The molecule has 3 aromatic rings. The molecule has 0 spiro atoms. The molecule has 1 atom stereocenters. The van der Waals surface area contributed by atoms with Crippen LogP contribution in [0.5, 0.6) is 0 Å². The first-order chi connectivity index (χ1) is 9.78. The molecular weight excluding hydrogens is 256 g/mol. The SMILES string of the molecule is N#C[C@@H](C(=O)Cn1cncn1)c1nc2ccccc2[nH]1. The maximum Gasteiger partial charge on any atom is 0.179 e. The minimum atomic E-state index is -0.938. The van der Waals surface area contributed by atoms with Crippen molar-refractivity contribution in [2.75, 3.05) is 0 Å². The molecule has 0 bridgehead atoms. The highest BCUT2D eigenvalue weighted by Crippen LogP contribution is 2.18. The zero-order chi connectivity index (χ0) is 13.9. The molecule has 20 heavy (non-hydrogen) atoms. The first kappa shape index (κ1) is 12.0. The zero-order valence-electron chi connectivity index (χ0n) is 10.4. The predicted molar refractivity (Wildman–Crippen MR) is 69.5 cm³/mol. The lowest BCUT2D eigenvalue weighted by Crippen LogP contribution is -2.19. The summed E-state index contributed by atoms with van der Waals surface area (Å²) < 4.78 is 1.38. The number of Topliss-reactive ketones (excluding diaryl/α,β-unsaturated/α-hetero) is 1. The van der Waals surface area contributed by atoms with E-state index in [4.69, 9.17) is 0 Å². The summed E-state index contributed by atoms with van der Waals surface area (Å²) in [5.74, 6) is -0.859. The summed E-state index contributed by atoms with van der Waals surface area (Å²) >= 11 is 0. The van der Waals surface area contributed by atoms with Gasteiger partial charge in [0, 0.05) is 0 Å². The van der Waals surface area contributed by atoms with Gasteiger partial charge in [0.25, 0.3) is 0 Å². The molecule has 0 aliphatic rings. The lowest BCUT2D eigenvalue weighted by molar-refractivity contribution is -0.120. The van der Waals surface area contributed by atoms with Gasteiger partial charge in [-0.15, -0.1) is 0 Å². The van der Waals surface area contributed by atoms with Crippen LogP contribution < -0.4 is 0 Å². The molecule has 0 unspecified atom stereocenters. The second-order valence-electron chi connectivity index (χ2n) is 4.26. The van der Waals surface area contributed by atoms with Crippen LogP contribution in [0.15, 0.2) is 36.9 Å². The number of ketones is 1. The minimum absolute atomic E-state index is 0.00469. The number of rotatable bonds is 4. The van der Waals surface area contributed by atoms with Crippen molar-refractivity contribution in [3.05, 3.63) is 42.7 Å². The van der Waals surface area contributed by atoms with Crippen molar-refractivity contribution in [3.8, 4) is 6.07 Å². The Morgan fingerprint density at radius 2 is 2.30 bits per heavy atom. The van der Waals surface area contributed by atoms with Crippen LogP contribution in [0.4, 0.5) is 0 Å². The molecule has 0 saturated heterocycles. The van der Waals surface area contributed by atoms with Gasteiger partial charge in [-0.1, -0.05) is 12.1 Å². The van der Waals surface area contributed by atoms with Crippen LogP contribution in [0.3, 0.4) is 0 Å². The number of nitriles is 1. The number of benzene rings is 1. The van der Waals surface area contributed by atoms with E-state index in [9.17, 15) is 10.1 Å². The number of carbonyl (C=O) groups is 1. The monoisotopic (exact) mass is 266 g/mol. The Kier molecular flexibility index (Phi) is 2.97. The zero-order valence-corrected chi connectivity index (χ0v) is 10.4. The van der Waals surface area contributed by atoms with Crippen molar-refractivity contribution in [2.24, 2.45) is 0 Å². The third kappa shape index (κ3) is 2.14. The van der Waals surface area contributed by atoms with E-state index in [1.54, 1.807) is 0 Å². The second-order valence-corrected chi connectivity index (χ2v) is 4.26. The summed E-state index contributed by atoms with van der Waals surface area (Å²) in [5, 5.41) is 13.1. The van der Waals surface area contributed by atoms with E-state index in [0.29, 0.717) is 5.82 Å². The number of hydrogen-bond donors (Lipinski definition) is 1. The number of aromatic nitrogens is 5. The summed E-state index contributed by atoms with van der Waals surface area (Å²) in [6, 6.07) is 9.38. The van der Waals surface area contributed by atoms with E-state index < -0.39 is 5.92 Å². The standard InChI is InChI=1S/C13H10N6O/c14-5-9(12(20)6-19-8-15-7-16-19)13-17-10-3-1-2-4-11(10)18-13/h1-4,7-9H,6H2,(H,17,18)/t9-/m0/s1. The predicted octanol–water partition coefficient (Wildman–Crippen LogP) is 1.03. The molecular formula is C13H10N6O. The molecule has 2 heterocycles. The summed E-state index contributed by atoms with van der Waals surface area (Å²) in [6.07, 6.45) is 2.78. The second kappa shape index (κ2) is 4.93. The van der Waals surface area contributed by atoms with Crippen molar-refractivity contribution in [1.29, 1.82) is 5.26 Å². The van der Waals surface area contributed by atoms with Crippen LogP contribution in [0.2, 0.25) is 0 Å². The number of imidazole rings is 1. The quantitative estimate of drug-likeness (QED) is 0.760. The first-order valence-corrected chi connectivity index (χ1v) is 5.97. The number of hydrogen-bond acceptors (Lipinski definition) is 5. The van der Waals surface area contributed by atoms with Gasteiger partial charge >= 0.3 is 0 Å². The van der Waals surface area contributed by atoms with Crippen molar-refractivity contribution < 1.29 is 4.79 Å². The number of carbonyl (C=O) groups excluding carboxylic acids is 1. The van der Waals surface area contributed by atoms with Gasteiger partial charge in [-0.05, 0) is 12.1 Å². The van der Waals surface area contributed by atoms with Crippen LogP contribution in [0.25, 0.3) is 11.0 Å². The Labute approximate surface area is 113 Å². The van der Waals surface area contributed by atoms with Crippen LogP contribution in [0.1, 0.15) is 11.7 Å². The van der Waals surface area contributed by atoms with E-state index in [0.717, 1.165) is 11.0 Å². The molecule has 1 N–H and O–H groups in total. The summed E-state index contributed by atoms with van der Waals surface area (Å²) in [5.41, 5.74) is 1.53. The average molecular weight is 266 g/mol. The van der Waals surface area contributed by atoms with Gasteiger partial charge < -0.3 is 4.98 Å². The Bertz CT molecular complexity index is 750. The summed E-state index contributed by atoms with van der Waals surface area (Å²) in [4.78, 5) is 23.2. The Hall–Kier alpha value is -3.01. The highest BCUT2D eigenvalue weighted by atomic mass is 16.1. The van der Waals surface area contributed by atoms with Crippen molar-refractivity contribution in [2.45, 2.75) is 12.5 Å². The van der Waals surface area contributed by atoms with E-state index in [1.807, 2.05) is 30.3 Å². The maximum absolute atomic E-state index is 12.1. The van der Waals surface area contributed by atoms with Gasteiger partial charge in [-0.3, -0.25) is 4.79 Å². The lowest BCUT2D eigenvalue weighted by Gasteiger charge is -2.04. The van der Waals surface area contributed by atoms with Gasteiger partial charge in [0.2, 0.25) is 0 Å². The van der Waals surface area contributed by atoms with Crippen LogP contribution in [-0.4, -0.2) is 30.5 Å². The van der Waals surface area contributed by atoms with Crippen molar-refractivity contribution in [3.63, 3.8) is 0 Å². The van der Waals surface area contributed by atoms with Gasteiger partial charge in [0.15, 0.2) is 11.7 Å². The Balaban J connectivity index is 1.89. The summed E-state index contributed by atoms with van der Waals surface area (Å²) in [7, 11) is 0. The molecule has 7 heteroatoms. The van der Waals surface area contributed by atoms with Crippen LogP contribution in [-0.2, 0) is 11.3 Å². The van der Waals surface area contributed by atoms with E-state index in [1.165, 1.54) is 17.3 Å². The number of H-pyrrole nitrogens is 1.